The van der Waals surface area contributed by atoms with Gasteiger partial charge in [0.05, 0.1) is 0 Å². The first-order valence-electron chi connectivity index (χ1n) is 7.85. The number of carbonyl (C=O) groups is 1. The van der Waals surface area contributed by atoms with Crippen molar-refractivity contribution in [2.75, 3.05) is 0 Å². The molecule has 19 heavy (non-hydrogen) atoms. The van der Waals surface area contributed by atoms with Gasteiger partial charge in [0.15, 0.2) is 0 Å². The van der Waals surface area contributed by atoms with Gasteiger partial charge in [0, 0.05) is 18.0 Å². The van der Waals surface area contributed by atoms with Crippen LogP contribution in [0, 0.1) is 16.7 Å². The molecule has 3 atom stereocenters. The number of fused-ring (bicyclic) bond motifs is 2. The van der Waals surface area contributed by atoms with E-state index in [2.05, 4.69) is 26.1 Å². The van der Waals surface area contributed by atoms with Gasteiger partial charge in [-0.15, -0.1) is 0 Å². The fourth-order valence-electron chi connectivity index (χ4n) is 4.79. The van der Waals surface area contributed by atoms with Gasteiger partial charge in [-0.2, -0.15) is 0 Å². The molecule has 0 spiro atoms. The molecule has 2 bridgehead atoms. The molecule has 3 fully saturated rings. The molecule has 3 nitrogen and oxygen atoms in total. The quantitative estimate of drug-likeness (QED) is 0.823. The minimum Gasteiger partial charge on any atom is -0.353 e. The predicted molar refractivity (Wildman–Crippen MR) is 76.5 cm³/mol. The van der Waals surface area contributed by atoms with Gasteiger partial charge in [0.1, 0.15) is 0 Å². The molecule has 0 aromatic heterocycles. The van der Waals surface area contributed by atoms with E-state index >= 15 is 0 Å². The van der Waals surface area contributed by atoms with Gasteiger partial charge in [-0.25, -0.2) is 0 Å². The molecule has 1 amide bonds. The summed E-state index contributed by atoms with van der Waals surface area (Å²) in [5.74, 6) is 0.954. The molecule has 0 radical (unpaired) electrons. The Balaban J connectivity index is 1.64. The number of nitrogens with one attached hydrogen (secondary N) is 1. The number of hydrogen-bond acceptors (Lipinski definition) is 2. The molecule has 0 aliphatic heterocycles. The highest BCUT2D eigenvalue weighted by Gasteiger charge is 2.61. The zero-order valence-corrected chi connectivity index (χ0v) is 12.6. The topological polar surface area (TPSA) is 55.1 Å². The summed E-state index contributed by atoms with van der Waals surface area (Å²) in [7, 11) is 0. The second kappa shape index (κ2) is 3.97. The molecule has 3 rings (SSSR count). The summed E-state index contributed by atoms with van der Waals surface area (Å²) in [4.78, 5) is 12.2. The summed E-state index contributed by atoms with van der Waals surface area (Å²) in [5, 5.41) is 3.31. The van der Waals surface area contributed by atoms with Gasteiger partial charge >= 0.3 is 0 Å². The number of rotatable bonds is 3. The van der Waals surface area contributed by atoms with E-state index < -0.39 is 0 Å². The lowest BCUT2D eigenvalue weighted by Gasteiger charge is -2.41. The van der Waals surface area contributed by atoms with E-state index in [1.807, 2.05) is 0 Å². The van der Waals surface area contributed by atoms with Crippen LogP contribution in [0.5, 0.6) is 0 Å². The lowest BCUT2D eigenvalue weighted by Crippen LogP contribution is -2.53. The van der Waals surface area contributed by atoms with Gasteiger partial charge in [-0.1, -0.05) is 20.8 Å². The zero-order chi connectivity index (χ0) is 13.9. The van der Waals surface area contributed by atoms with Gasteiger partial charge in [0.25, 0.3) is 0 Å². The average molecular weight is 264 g/mol. The minimum absolute atomic E-state index is 0.178. The largest absolute Gasteiger partial charge is 0.353 e. The fraction of sp³-hybridized carbons (Fsp3) is 0.938. The van der Waals surface area contributed by atoms with E-state index in [1.165, 1.54) is 19.3 Å². The van der Waals surface area contributed by atoms with Crippen LogP contribution in [0.1, 0.15) is 65.7 Å². The van der Waals surface area contributed by atoms with Crippen LogP contribution in [0.3, 0.4) is 0 Å². The van der Waals surface area contributed by atoms with Crippen LogP contribution in [-0.4, -0.2) is 17.5 Å². The fourth-order valence-corrected chi connectivity index (χ4v) is 4.79. The molecule has 0 aromatic carbocycles. The highest BCUT2D eigenvalue weighted by Crippen LogP contribution is 2.65. The zero-order valence-electron chi connectivity index (χ0n) is 12.6. The van der Waals surface area contributed by atoms with E-state index in [0.29, 0.717) is 17.9 Å². The van der Waals surface area contributed by atoms with Crippen molar-refractivity contribution in [1.29, 1.82) is 0 Å². The highest BCUT2D eigenvalue weighted by molar-refractivity contribution is 5.78. The predicted octanol–water partition coefficient (Wildman–Crippen LogP) is 2.59. The van der Waals surface area contributed by atoms with Gasteiger partial charge in [0.2, 0.25) is 5.91 Å². The van der Waals surface area contributed by atoms with E-state index in [0.717, 1.165) is 25.2 Å². The minimum atomic E-state index is -0.196. The number of amides is 1. The van der Waals surface area contributed by atoms with Crippen molar-refractivity contribution in [3.05, 3.63) is 0 Å². The Morgan fingerprint density at radius 3 is 2.37 bits per heavy atom. The third-order valence-electron chi connectivity index (χ3n) is 6.99. The number of carbonyl (C=O) groups excluding carboxylic acids is 1. The molecule has 108 valence electrons. The van der Waals surface area contributed by atoms with Crippen LogP contribution in [0.2, 0.25) is 0 Å². The van der Waals surface area contributed by atoms with Crippen LogP contribution >= 0.6 is 0 Å². The summed E-state index contributed by atoms with van der Waals surface area (Å²) in [5.41, 5.74) is 6.62. The summed E-state index contributed by atoms with van der Waals surface area (Å²) >= 11 is 0. The van der Waals surface area contributed by atoms with Gasteiger partial charge in [-0.05, 0) is 55.3 Å². The van der Waals surface area contributed by atoms with Crippen molar-refractivity contribution in [2.45, 2.75) is 77.3 Å². The smallest absolute Gasteiger partial charge is 0.222 e. The van der Waals surface area contributed by atoms with Crippen LogP contribution in [0.15, 0.2) is 0 Å². The first-order chi connectivity index (χ1) is 8.77. The molecule has 3 aliphatic carbocycles. The molecule has 3 saturated carbocycles. The molecule has 3 aliphatic rings. The van der Waals surface area contributed by atoms with E-state index in [4.69, 9.17) is 5.73 Å². The molecule has 3 unspecified atom stereocenters. The number of nitrogens with two attached hydrogens (primary N) is 1. The van der Waals surface area contributed by atoms with Crippen molar-refractivity contribution >= 4 is 5.91 Å². The first kappa shape index (κ1) is 13.4. The Labute approximate surface area is 116 Å². The van der Waals surface area contributed by atoms with Crippen molar-refractivity contribution in [2.24, 2.45) is 22.5 Å². The maximum atomic E-state index is 12.2. The Morgan fingerprint density at radius 1 is 1.26 bits per heavy atom. The monoisotopic (exact) mass is 264 g/mol. The number of hydrogen-bond donors (Lipinski definition) is 2. The summed E-state index contributed by atoms with van der Waals surface area (Å²) in [6.07, 6.45) is 7.46. The Bertz CT molecular complexity index is 400. The van der Waals surface area contributed by atoms with Crippen LogP contribution in [-0.2, 0) is 4.79 Å². The second-order valence-corrected chi connectivity index (χ2v) is 8.12. The molecule has 0 aromatic rings. The Morgan fingerprint density at radius 2 is 1.95 bits per heavy atom. The standard InChI is InChI=1S/C16H28N2O/c1-14(2)11-5-8-15(14,3)12(9-11)18-13(19)10-16(17)6-4-7-16/h11-12H,4-10,17H2,1-3H3,(H,18,19). The lowest BCUT2D eigenvalue weighted by molar-refractivity contribution is -0.124. The third-order valence-corrected chi connectivity index (χ3v) is 6.99. The SMILES string of the molecule is CC1(C)C2CCC1(C)C(NC(=O)CC1(N)CCC1)C2. The van der Waals surface area contributed by atoms with Crippen LogP contribution in [0.4, 0.5) is 0 Å². The van der Waals surface area contributed by atoms with Crippen molar-refractivity contribution in [1.82, 2.24) is 5.32 Å². The summed E-state index contributed by atoms with van der Waals surface area (Å²) < 4.78 is 0. The van der Waals surface area contributed by atoms with E-state index in [1.54, 1.807) is 0 Å². The lowest BCUT2D eigenvalue weighted by atomic mass is 9.69. The van der Waals surface area contributed by atoms with Crippen LogP contribution in [0.25, 0.3) is 0 Å². The normalized spacial score (nSPS) is 41.9. The maximum absolute atomic E-state index is 12.2. The molecule has 3 N–H and O–H groups in total. The first-order valence-corrected chi connectivity index (χ1v) is 7.85. The molecule has 0 heterocycles. The van der Waals surface area contributed by atoms with E-state index in [-0.39, 0.29) is 16.9 Å². The highest BCUT2D eigenvalue weighted by atomic mass is 16.1. The van der Waals surface area contributed by atoms with Crippen LogP contribution < -0.4 is 11.1 Å². The third kappa shape index (κ3) is 1.84. The van der Waals surface area contributed by atoms with E-state index in [9.17, 15) is 4.79 Å². The van der Waals surface area contributed by atoms with Crippen molar-refractivity contribution < 1.29 is 4.79 Å². The Hall–Kier alpha value is -0.570. The van der Waals surface area contributed by atoms with Gasteiger partial charge < -0.3 is 11.1 Å². The molecular formula is C16H28N2O. The summed E-state index contributed by atoms with van der Waals surface area (Å²) in [6, 6.07) is 0.359. The summed E-state index contributed by atoms with van der Waals surface area (Å²) in [6.45, 7) is 7.13. The maximum Gasteiger partial charge on any atom is 0.222 e. The van der Waals surface area contributed by atoms with Crippen molar-refractivity contribution in [3.8, 4) is 0 Å². The molecule has 0 saturated heterocycles. The van der Waals surface area contributed by atoms with Gasteiger partial charge in [-0.3, -0.25) is 4.79 Å². The second-order valence-electron chi connectivity index (χ2n) is 8.12. The average Bonchev–Trinajstić information content (AvgIpc) is 2.60. The van der Waals surface area contributed by atoms with Crippen molar-refractivity contribution in [3.63, 3.8) is 0 Å². The molecule has 3 heteroatoms. The molecular weight excluding hydrogens is 236 g/mol. The Kier molecular flexibility index (Phi) is 2.80.